The lowest BCUT2D eigenvalue weighted by molar-refractivity contribution is 0.415. The van der Waals surface area contributed by atoms with Gasteiger partial charge < -0.3 is 9.64 Å². The lowest BCUT2D eigenvalue weighted by Gasteiger charge is -2.25. The van der Waals surface area contributed by atoms with Gasteiger partial charge in [-0.25, -0.2) is 18.5 Å². The number of fused-ring (bicyclic) bond motifs is 2. The van der Waals surface area contributed by atoms with Gasteiger partial charge in [-0.1, -0.05) is 11.6 Å². The molecule has 0 spiro atoms. The molecule has 0 fully saturated rings. The summed E-state index contributed by atoms with van der Waals surface area (Å²) in [6.07, 6.45) is 0.745. The van der Waals surface area contributed by atoms with Crippen molar-refractivity contribution in [2.75, 3.05) is 12.0 Å². The van der Waals surface area contributed by atoms with Crippen molar-refractivity contribution in [3.8, 4) is 5.75 Å². The summed E-state index contributed by atoms with van der Waals surface area (Å²) in [5.74, 6) is 0.733. The molecule has 1 atom stereocenters. The van der Waals surface area contributed by atoms with Crippen LogP contribution in [0.4, 0.5) is 5.69 Å². The second-order valence-corrected chi connectivity index (χ2v) is 8.93. The molecule has 0 bridgehead atoms. The van der Waals surface area contributed by atoms with Crippen LogP contribution >= 0.6 is 11.6 Å². The molecule has 0 amide bonds. The van der Waals surface area contributed by atoms with E-state index in [1.54, 1.807) is 19.2 Å². The molecule has 1 aliphatic heterocycles. The Kier molecular flexibility index (Phi) is 4.69. The fraction of sp³-hybridized carbons (Fsp3) is 0.250. The van der Waals surface area contributed by atoms with Crippen molar-refractivity contribution in [3.05, 3.63) is 58.7 Å². The van der Waals surface area contributed by atoms with Crippen molar-refractivity contribution >= 4 is 38.2 Å². The van der Waals surface area contributed by atoms with Crippen LogP contribution in [-0.4, -0.2) is 26.6 Å². The number of halogens is 1. The number of anilines is 1. The Morgan fingerprint density at radius 3 is 2.75 bits per heavy atom. The number of pyridine rings is 1. The zero-order valence-corrected chi connectivity index (χ0v) is 17.1. The second kappa shape index (κ2) is 6.92. The van der Waals surface area contributed by atoms with Gasteiger partial charge in [0, 0.05) is 35.3 Å². The van der Waals surface area contributed by atoms with Crippen LogP contribution in [0.5, 0.6) is 5.75 Å². The highest BCUT2D eigenvalue weighted by Crippen LogP contribution is 2.36. The smallest absolute Gasteiger partial charge is 0.238 e. The van der Waals surface area contributed by atoms with Gasteiger partial charge in [0.05, 0.1) is 17.5 Å². The maximum absolute atomic E-state index is 11.6. The van der Waals surface area contributed by atoms with Gasteiger partial charge in [-0.2, -0.15) is 0 Å². The monoisotopic (exact) mass is 417 g/mol. The number of rotatable bonds is 4. The van der Waals surface area contributed by atoms with Crippen molar-refractivity contribution in [1.82, 2.24) is 4.98 Å². The van der Waals surface area contributed by atoms with Crippen molar-refractivity contribution in [2.45, 2.75) is 30.8 Å². The van der Waals surface area contributed by atoms with Crippen LogP contribution in [0, 0.1) is 0 Å². The zero-order valence-electron chi connectivity index (χ0n) is 15.5. The van der Waals surface area contributed by atoms with Crippen LogP contribution in [0.1, 0.15) is 18.1 Å². The highest BCUT2D eigenvalue weighted by atomic mass is 35.5. The Morgan fingerprint density at radius 2 is 2.04 bits per heavy atom. The molecular weight excluding hydrogens is 398 g/mol. The van der Waals surface area contributed by atoms with Crippen LogP contribution in [-0.2, 0) is 23.0 Å². The Hall–Kier alpha value is -2.35. The summed E-state index contributed by atoms with van der Waals surface area (Å²) in [7, 11) is -2.10. The van der Waals surface area contributed by atoms with E-state index in [-0.39, 0.29) is 10.9 Å². The molecule has 8 heteroatoms. The number of hydrogen-bond donors (Lipinski definition) is 1. The van der Waals surface area contributed by atoms with Gasteiger partial charge in [-0.15, -0.1) is 0 Å². The van der Waals surface area contributed by atoms with E-state index in [0.717, 1.165) is 39.9 Å². The summed E-state index contributed by atoms with van der Waals surface area (Å²) >= 11 is 6.46. The first-order valence-electron chi connectivity index (χ1n) is 8.82. The van der Waals surface area contributed by atoms with E-state index in [2.05, 4.69) is 16.8 Å². The molecule has 1 aliphatic rings. The van der Waals surface area contributed by atoms with E-state index in [0.29, 0.717) is 11.7 Å². The number of hydrogen-bond acceptors (Lipinski definition) is 5. The van der Waals surface area contributed by atoms with E-state index >= 15 is 0 Å². The number of methoxy groups -OCH3 is 1. The molecule has 0 saturated carbocycles. The van der Waals surface area contributed by atoms with Gasteiger partial charge in [-0.05, 0) is 55.3 Å². The SMILES string of the molecule is COc1ccc2cc(CN3c4ccc(S(N)(=O)=O)cc4C[C@@H]3C)c(Cl)nc2c1. The number of ether oxygens (including phenoxy) is 1. The number of primary sulfonamides is 1. The molecule has 28 heavy (non-hydrogen) atoms. The summed E-state index contributed by atoms with van der Waals surface area (Å²) in [6, 6.07) is 13.0. The first kappa shape index (κ1) is 19.0. The predicted octanol–water partition coefficient (Wildman–Crippen LogP) is 3.50. The van der Waals surface area contributed by atoms with Crippen LogP contribution in [0.3, 0.4) is 0 Å². The fourth-order valence-electron chi connectivity index (χ4n) is 3.68. The first-order chi connectivity index (χ1) is 13.3. The average Bonchev–Trinajstić information content (AvgIpc) is 2.95. The van der Waals surface area contributed by atoms with Crippen molar-refractivity contribution in [3.63, 3.8) is 0 Å². The second-order valence-electron chi connectivity index (χ2n) is 7.01. The third-order valence-electron chi connectivity index (χ3n) is 5.13. The summed E-state index contributed by atoms with van der Waals surface area (Å²) in [5.41, 5.74) is 3.65. The Morgan fingerprint density at radius 1 is 1.25 bits per heavy atom. The van der Waals surface area contributed by atoms with E-state index in [4.69, 9.17) is 21.5 Å². The highest BCUT2D eigenvalue weighted by Gasteiger charge is 2.28. The molecule has 2 N–H and O–H groups in total. The van der Waals surface area contributed by atoms with E-state index in [1.165, 1.54) is 0 Å². The van der Waals surface area contributed by atoms with Crippen molar-refractivity contribution in [1.29, 1.82) is 0 Å². The maximum atomic E-state index is 11.6. The normalized spacial score (nSPS) is 16.4. The quantitative estimate of drug-likeness (QED) is 0.656. The van der Waals surface area contributed by atoms with Crippen LogP contribution in [0.2, 0.25) is 5.15 Å². The van der Waals surface area contributed by atoms with Crippen molar-refractivity contribution < 1.29 is 13.2 Å². The summed E-state index contributed by atoms with van der Waals surface area (Å²) in [6.45, 7) is 2.68. The van der Waals surface area contributed by atoms with Crippen LogP contribution in [0.25, 0.3) is 10.9 Å². The highest BCUT2D eigenvalue weighted by molar-refractivity contribution is 7.89. The number of aromatic nitrogens is 1. The molecule has 146 valence electrons. The van der Waals surface area contributed by atoms with Gasteiger partial charge >= 0.3 is 0 Å². The molecule has 2 aromatic carbocycles. The summed E-state index contributed by atoms with van der Waals surface area (Å²) in [5, 5.41) is 6.69. The number of nitrogens with zero attached hydrogens (tertiary/aromatic N) is 2. The van der Waals surface area contributed by atoms with E-state index < -0.39 is 10.0 Å². The molecular formula is C20H20ClN3O3S. The van der Waals surface area contributed by atoms with Gasteiger partial charge in [-0.3, -0.25) is 0 Å². The largest absolute Gasteiger partial charge is 0.497 e. The van der Waals surface area contributed by atoms with E-state index in [9.17, 15) is 8.42 Å². The minimum atomic E-state index is -3.71. The Labute approximate surface area is 168 Å². The van der Waals surface area contributed by atoms with Crippen LogP contribution < -0.4 is 14.8 Å². The summed E-state index contributed by atoms with van der Waals surface area (Å²) in [4.78, 5) is 6.86. The minimum absolute atomic E-state index is 0.139. The fourth-order valence-corrected chi connectivity index (χ4v) is 4.45. The van der Waals surface area contributed by atoms with Gasteiger partial charge in [0.2, 0.25) is 10.0 Å². The van der Waals surface area contributed by atoms with Gasteiger partial charge in [0.15, 0.2) is 0 Å². The van der Waals surface area contributed by atoms with Crippen molar-refractivity contribution in [2.24, 2.45) is 5.14 Å². The Bertz CT molecular complexity index is 1180. The van der Waals surface area contributed by atoms with Gasteiger partial charge in [0.1, 0.15) is 10.9 Å². The molecule has 0 aliphatic carbocycles. The summed E-state index contributed by atoms with van der Waals surface area (Å²) < 4.78 is 28.5. The molecule has 2 heterocycles. The molecule has 0 saturated heterocycles. The molecule has 4 rings (SSSR count). The van der Waals surface area contributed by atoms with E-state index in [1.807, 2.05) is 30.3 Å². The lowest BCUT2D eigenvalue weighted by Crippen LogP contribution is -2.28. The maximum Gasteiger partial charge on any atom is 0.238 e. The average molecular weight is 418 g/mol. The third kappa shape index (κ3) is 3.41. The van der Waals surface area contributed by atoms with Crippen LogP contribution in [0.15, 0.2) is 47.4 Å². The molecule has 0 unspecified atom stereocenters. The minimum Gasteiger partial charge on any atom is -0.497 e. The van der Waals surface area contributed by atoms with Gasteiger partial charge in [0.25, 0.3) is 0 Å². The molecule has 0 radical (unpaired) electrons. The zero-order chi connectivity index (χ0) is 20.1. The standard InChI is InChI=1S/C20H20ClN3O3S/c1-12-7-14-9-17(28(22,25)26)5-6-19(14)24(12)11-15-8-13-3-4-16(27-2)10-18(13)23-20(15)21/h3-6,8-10,12H,7,11H2,1-2H3,(H2,22,25,26)/t12-/m0/s1. The lowest BCUT2D eigenvalue weighted by atomic mass is 10.1. The topological polar surface area (TPSA) is 85.5 Å². The predicted molar refractivity (Wildman–Crippen MR) is 110 cm³/mol. The third-order valence-corrected chi connectivity index (χ3v) is 6.37. The number of nitrogens with two attached hydrogens (primary N) is 1. The first-order valence-corrected chi connectivity index (χ1v) is 10.7. The molecule has 6 nitrogen and oxygen atoms in total. The number of sulfonamides is 1. The molecule has 3 aromatic rings. The Balaban J connectivity index is 1.69. The number of benzene rings is 2. The molecule has 1 aromatic heterocycles.